The zero-order valence-corrected chi connectivity index (χ0v) is 5.98. The Hall–Kier alpha value is -0.770. The Morgan fingerprint density at radius 1 is 1.70 bits per heavy atom. The van der Waals surface area contributed by atoms with Gasteiger partial charge in [-0.05, 0) is 19.4 Å². The van der Waals surface area contributed by atoms with Gasteiger partial charge in [-0.25, -0.2) is 0 Å². The maximum Gasteiger partial charge on any atom is 0.188 e. The van der Waals surface area contributed by atoms with E-state index in [2.05, 4.69) is 10.6 Å². The largest absolute Gasteiger partial charge is 0.357 e. The molecule has 1 unspecified atom stereocenters. The normalized spacial score (nSPS) is 25.3. The molecule has 1 atom stereocenters. The Morgan fingerprint density at radius 3 is 3.10 bits per heavy atom. The molecule has 0 amide bonds. The molecule has 4 nitrogen and oxygen atoms in total. The maximum atomic E-state index is 7.23. The Kier molecular flexibility index (Phi) is 2.50. The molecule has 58 valence electrons. The minimum Gasteiger partial charge on any atom is -0.357 e. The van der Waals surface area contributed by atoms with Crippen LogP contribution in [-0.2, 0) is 0 Å². The maximum absolute atomic E-state index is 7.23. The van der Waals surface area contributed by atoms with Gasteiger partial charge in [-0.15, -0.1) is 0 Å². The molecular weight excluding hydrogens is 128 g/mol. The summed E-state index contributed by atoms with van der Waals surface area (Å²) in [5.41, 5.74) is 5.37. The zero-order valence-electron chi connectivity index (χ0n) is 5.98. The summed E-state index contributed by atoms with van der Waals surface area (Å²) in [7, 11) is 0. The Bertz CT molecular complexity index is 121. The van der Waals surface area contributed by atoms with Gasteiger partial charge in [0.25, 0.3) is 0 Å². The summed E-state index contributed by atoms with van der Waals surface area (Å²) >= 11 is 0. The molecule has 4 heteroatoms. The fourth-order valence-electron chi connectivity index (χ4n) is 1.12. The first-order chi connectivity index (χ1) is 4.83. The van der Waals surface area contributed by atoms with E-state index in [4.69, 9.17) is 11.1 Å². The molecule has 0 radical (unpaired) electrons. The predicted octanol–water partition coefficient (Wildman–Crippen LogP) is -0.779. The van der Waals surface area contributed by atoms with Gasteiger partial charge in [0.1, 0.15) is 0 Å². The zero-order chi connectivity index (χ0) is 7.40. The minimum atomic E-state index is 0.416. The number of nitrogens with one attached hydrogen (secondary N) is 3. The van der Waals surface area contributed by atoms with Crippen molar-refractivity contribution in [2.75, 3.05) is 13.1 Å². The van der Waals surface area contributed by atoms with Crippen molar-refractivity contribution < 1.29 is 0 Å². The lowest BCUT2D eigenvalue weighted by molar-refractivity contribution is 0.482. The molecule has 0 saturated carbocycles. The van der Waals surface area contributed by atoms with E-state index in [9.17, 15) is 0 Å². The van der Waals surface area contributed by atoms with Crippen molar-refractivity contribution in [3.63, 3.8) is 0 Å². The molecule has 0 aromatic heterocycles. The molecule has 0 aromatic rings. The third-order valence-electron chi connectivity index (χ3n) is 1.66. The van der Waals surface area contributed by atoms with E-state index >= 15 is 0 Å². The molecule has 0 aliphatic carbocycles. The van der Waals surface area contributed by atoms with Crippen molar-refractivity contribution in [3.8, 4) is 0 Å². The summed E-state index contributed by atoms with van der Waals surface area (Å²) < 4.78 is 0. The molecule has 1 fully saturated rings. The number of hydrogen-bond donors (Lipinski definition) is 4. The van der Waals surface area contributed by atoms with Gasteiger partial charge in [0.05, 0.1) is 0 Å². The van der Waals surface area contributed by atoms with E-state index in [0.29, 0.717) is 18.5 Å². The molecule has 1 saturated heterocycles. The van der Waals surface area contributed by atoms with Crippen LogP contribution in [0.15, 0.2) is 0 Å². The van der Waals surface area contributed by atoms with Crippen LogP contribution in [0.1, 0.15) is 12.8 Å². The second kappa shape index (κ2) is 3.41. The van der Waals surface area contributed by atoms with Gasteiger partial charge in [-0.1, -0.05) is 0 Å². The number of rotatable bonds is 2. The average molecular weight is 142 g/mol. The van der Waals surface area contributed by atoms with Crippen LogP contribution >= 0.6 is 0 Å². The van der Waals surface area contributed by atoms with E-state index in [0.717, 1.165) is 19.4 Å². The first kappa shape index (κ1) is 7.34. The van der Waals surface area contributed by atoms with Crippen molar-refractivity contribution in [3.05, 3.63) is 0 Å². The summed E-state index contributed by atoms with van der Waals surface area (Å²) in [6.45, 7) is 1.60. The van der Waals surface area contributed by atoms with Crippen molar-refractivity contribution in [2.24, 2.45) is 5.73 Å². The van der Waals surface area contributed by atoms with E-state index in [1.807, 2.05) is 0 Å². The topological polar surface area (TPSA) is 73.9 Å². The molecule has 0 bridgehead atoms. The van der Waals surface area contributed by atoms with Crippen molar-refractivity contribution in [1.82, 2.24) is 10.6 Å². The molecule has 1 heterocycles. The molecule has 1 aliphatic heterocycles. The quantitative estimate of drug-likeness (QED) is 0.408. The number of hydrogen-bond acceptors (Lipinski definition) is 2. The third-order valence-corrected chi connectivity index (χ3v) is 1.66. The predicted molar refractivity (Wildman–Crippen MR) is 40.9 cm³/mol. The fraction of sp³-hybridized carbons (Fsp3) is 0.833. The van der Waals surface area contributed by atoms with E-state index in [1.165, 1.54) is 0 Å². The van der Waals surface area contributed by atoms with Gasteiger partial charge in [-0.3, -0.25) is 5.41 Å². The molecule has 1 aliphatic rings. The lowest BCUT2D eigenvalue weighted by Gasteiger charge is -2.25. The Balaban J connectivity index is 2.25. The smallest absolute Gasteiger partial charge is 0.188 e. The Morgan fingerprint density at radius 2 is 2.50 bits per heavy atom. The molecule has 0 aromatic carbocycles. The van der Waals surface area contributed by atoms with Crippen LogP contribution in [0.5, 0.6) is 0 Å². The fourth-order valence-corrected chi connectivity index (χ4v) is 1.12. The highest BCUT2D eigenvalue weighted by molar-refractivity contribution is 5.77. The first-order valence-electron chi connectivity index (χ1n) is 3.62. The number of guanidine groups is 1. The second-order valence-corrected chi connectivity index (χ2v) is 2.51. The number of nitrogens with two attached hydrogens (primary N) is 1. The van der Waals surface area contributed by atoms with Crippen molar-refractivity contribution >= 4 is 5.96 Å². The first-order valence-corrected chi connectivity index (χ1v) is 3.62. The van der Waals surface area contributed by atoms with E-state index in [1.54, 1.807) is 0 Å². The van der Waals surface area contributed by atoms with Crippen LogP contribution < -0.4 is 16.4 Å². The highest BCUT2D eigenvalue weighted by atomic mass is 15.2. The van der Waals surface area contributed by atoms with Crippen LogP contribution in [0, 0.1) is 5.41 Å². The lowest BCUT2D eigenvalue weighted by Crippen LogP contribution is -2.50. The summed E-state index contributed by atoms with van der Waals surface area (Å²) in [5, 5.41) is 13.1. The van der Waals surface area contributed by atoms with E-state index in [-0.39, 0.29) is 0 Å². The van der Waals surface area contributed by atoms with Crippen LogP contribution in [0.3, 0.4) is 0 Å². The summed E-state index contributed by atoms with van der Waals surface area (Å²) in [6, 6.07) is 0.416. The van der Waals surface area contributed by atoms with Crippen molar-refractivity contribution in [1.29, 1.82) is 5.41 Å². The molecule has 10 heavy (non-hydrogen) atoms. The average Bonchev–Trinajstić information content (AvgIpc) is 1.88. The lowest BCUT2D eigenvalue weighted by atomic mass is 10.1. The standard InChI is InChI=1S/C6H14N4/c7-3-1-5-2-4-9-6(8)10-5/h5H,1-4,7H2,(H3,8,9,10). The molecule has 1 rings (SSSR count). The van der Waals surface area contributed by atoms with Crippen LogP contribution in [0.25, 0.3) is 0 Å². The summed E-state index contributed by atoms with van der Waals surface area (Å²) in [4.78, 5) is 0. The highest BCUT2D eigenvalue weighted by Gasteiger charge is 2.13. The van der Waals surface area contributed by atoms with Gasteiger partial charge in [-0.2, -0.15) is 0 Å². The van der Waals surface area contributed by atoms with Crippen LogP contribution in [0.2, 0.25) is 0 Å². The highest BCUT2D eigenvalue weighted by Crippen LogP contribution is 1.98. The van der Waals surface area contributed by atoms with Crippen LogP contribution in [-0.4, -0.2) is 25.1 Å². The van der Waals surface area contributed by atoms with E-state index < -0.39 is 0 Å². The summed E-state index contributed by atoms with van der Waals surface area (Å²) in [5.74, 6) is 0.435. The van der Waals surface area contributed by atoms with Crippen molar-refractivity contribution in [2.45, 2.75) is 18.9 Å². The van der Waals surface area contributed by atoms with Gasteiger partial charge in [0.15, 0.2) is 5.96 Å². The Labute approximate surface area is 60.7 Å². The third kappa shape index (κ3) is 1.88. The van der Waals surface area contributed by atoms with Gasteiger partial charge >= 0.3 is 0 Å². The van der Waals surface area contributed by atoms with Gasteiger partial charge < -0.3 is 16.4 Å². The SMILES string of the molecule is N=C1NCCC(CCN)N1. The minimum absolute atomic E-state index is 0.416. The second-order valence-electron chi connectivity index (χ2n) is 2.51. The molecular formula is C6H14N4. The molecule has 5 N–H and O–H groups in total. The van der Waals surface area contributed by atoms with Gasteiger partial charge in [0, 0.05) is 12.6 Å². The summed E-state index contributed by atoms with van der Waals surface area (Å²) in [6.07, 6.45) is 2.03. The molecule has 0 spiro atoms. The monoisotopic (exact) mass is 142 g/mol. The van der Waals surface area contributed by atoms with Crippen LogP contribution in [0.4, 0.5) is 0 Å². The van der Waals surface area contributed by atoms with Gasteiger partial charge in [0.2, 0.25) is 0 Å².